The van der Waals surface area contributed by atoms with E-state index in [-0.39, 0.29) is 12.2 Å². The molecule has 0 aliphatic carbocycles. The molecule has 0 atom stereocenters. The van der Waals surface area contributed by atoms with Gasteiger partial charge in [-0.15, -0.1) is 0 Å². The van der Waals surface area contributed by atoms with Crippen LogP contribution >= 0.6 is 23.2 Å². The summed E-state index contributed by atoms with van der Waals surface area (Å²) in [7, 11) is 0. The average Bonchev–Trinajstić information content (AvgIpc) is 2.63. The largest absolute Gasteiger partial charge is 0.466 e. The number of hydrogen-bond acceptors (Lipinski definition) is 2. The fraction of sp³-hybridized carbons (Fsp3) is 0.214. The molecule has 94 valence electrons. The standard InChI is InChI=1S/C14H12Cl2O2/c1-8-6-10(9(2)18-8)14(17)7-11-12(15)4-3-5-13(11)16/h3-6H,7H2,1-2H3. The molecule has 0 radical (unpaired) electrons. The smallest absolute Gasteiger partial charge is 0.170 e. The van der Waals surface area contributed by atoms with E-state index < -0.39 is 0 Å². The zero-order chi connectivity index (χ0) is 13.3. The van der Waals surface area contributed by atoms with Gasteiger partial charge in [-0.1, -0.05) is 29.3 Å². The molecule has 0 aliphatic heterocycles. The van der Waals surface area contributed by atoms with E-state index in [9.17, 15) is 4.79 Å². The number of ketones is 1. The van der Waals surface area contributed by atoms with Crippen molar-refractivity contribution in [3.63, 3.8) is 0 Å². The normalized spacial score (nSPS) is 10.7. The maximum atomic E-state index is 12.2. The van der Waals surface area contributed by atoms with Crippen LogP contribution in [0.25, 0.3) is 0 Å². The van der Waals surface area contributed by atoms with Crippen molar-refractivity contribution in [2.75, 3.05) is 0 Å². The Bertz CT molecular complexity index is 580. The summed E-state index contributed by atoms with van der Waals surface area (Å²) in [5.41, 5.74) is 1.24. The summed E-state index contributed by atoms with van der Waals surface area (Å²) < 4.78 is 5.35. The van der Waals surface area contributed by atoms with Gasteiger partial charge in [-0.2, -0.15) is 0 Å². The number of Topliss-reactive ketones (excluding diaryl/α,β-unsaturated/α-hetero) is 1. The zero-order valence-electron chi connectivity index (χ0n) is 10.1. The average molecular weight is 283 g/mol. The van der Waals surface area contributed by atoms with Crippen molar-refractivity contribution in [3.8, 4) is 0 Å². The molecule has 0 fully saturated rings. The third-order valence-corrected chi connectivity index (χ3v) is 3.45. The monoisotopic (exact) mass is 282 g/mol. The van der Waals surface area contributed by atoms with Gasteiger partial charge in [0.05, 0.1) is 5.56 Å². The van der Waals surface area contributed by atoms with E-state index in [0.29, 0.717) is 26.9 Å². The molecule has 2 rings (SSSR count). The number of furan rings is 1. The van der Waals surface area contributed by atoms with Crippen LogP contribution in [0.4, 0.5) is 0 Å². The lowest BCUT2D eigenvalue weighted by molar-refractivity contribution is 0.0991. The van der Waals surface area contributed by atoms with E-state index in [2.05, 4.69) is 0 Å². The Morgan fingerprint density at radius 3 is 2.33 bits per heavy atom. The van der Waals surface area contributed by atoms with E-state index in [0.717, 1.165) is 5.76 Å². The van der Waals surface area contributed by atoms with E-state index in [1.807, 2.05) is 6.92 Å². The summed E-state index contributed by atoms with van der Waals surface area (Å²) in [4.78, 5) is 12.2. The van der Waals surface area contributed by atoms with Crippen molar-refractivity contribution >= 4 is 29.0 Å². The highest BCUT2D eigenvalue weighted by Crippen LogP contribution is 2.26. The molecule has 2 aromatic rings. The molecule has 1 aromatic carbocycles. The second kappa shape index (κ2) is 5.17. The highest BCUT2D eigenvalue weighted by Gasteiger charge is 2.16. The first-order valence-electron chi connectivity index (χ1n) is 5.52. The number of rotatable bonds is 3. The van der Waals surface area contributed by atoms with E-state index in [4.69, 9.17) is 27.6 Å². The van der Waals surface area contributed by atoms with Gasteiger partial charge in [0, 0.05) is 16.5 Å². The Kier molecular flexibility index (Phi) is 3.79. The van der Waals surface area contributed by atoms with Crippen LogP contribution in [0, 0.1) is 13.8 Å². The van der Waals surface area contributed by atoms with Crippen molar-refractivity contribution < 1.29 is 9.21 Å². The van der Waals surface area contributed by atoms with Crippen LogP contribution < -0.4 is 0 Å². The molecule has 0 saturated heterocycles. The number of benzene rings is 1. The number of carbonyl (C=O) groups excluding carboxylic acids is 1. The summed E-state index contributed by atoms with van der Waals surface area (Å²) in [6, 6.07) is 6.95. The van der Waals surface area contributed by atoms with E-state index in [1.54, 1.807) is 31.2 Å². The van der Waals surface area contributed by atoms with Crippen molar-refractivity contribution in [3.05, 3.63) is 57.0 Å². The topological polar surface area (TPSA) is 30.2 Å². The minimum atomic E-state index is -0.0423. The highest BCUT2D eigenvalue weighted by atomic mass is 35.5. The van der Waals surface area contributed by atoms with Gasteiger partial charge in [0.25, 0.3) is 0 Å². The van der Waals surface area contributed by atoms with Crippen LogP contribution in [0.5, 0.6) is 0 Å². The minimum absolute atomic E-state index is 0.0423. The molecule has 0 bridgehead atoms. The summed E-state index contributed by atoms with van der Waals surface area (Å²) >= 11 is 12.1. The predicted octanol–water partition coefficient (Wildman–Crippen LogP) is 4.63. The summed E-state index contributed by atoms with van der Waals surface area (Å²) in [5, 5.41) is 1.02. The molecule has 1 aromatic heterocycles. The number of carbonyl (C=O) groups is 1. The zero-order valence-corrected chi connectivity index (χ0v) is 11.6. The van der Waals surface area contributed by atoms with Crippen LogP contribution in [-0.2, 0) is 6.42 Å². The first kappa shape index (κ1) is 13.2. The van der Waals surface area contributed by atoms with Crippen LogP contribution in [0.2, 0.25) is 10.0 Å². The number of halogens is 2. The van der Waals surface area contributed by atoms with Gasteiger partial charge in [0.15, 0.2) is 5.78 Å². The van der Waals surface area contributed by atoms with Gasteiger partial charge in [0.1, 0.15) is 11.5 Å². The fourth-order valence-corrected chi connectivity index (χ4v) is 2.40. The Labute approximate surface area is 116 Å². The molecule has 0 spiro atoms. The third-order valence-electron chi connectivity index (χ3n) is 2.74. The molecule has 0 amide bonds. The van der Waals surface area contributed by atoms with E-state index >= 15 is 0 Å². The Balaban J connectivity index is 2.30. The van der Waals surface area contributed by atoms with Crippen LogP contribution in [-0.4, -0.2) is 5.78 Å². The van der Waals surface area contributed by atoms with Crippen molar-refractivity contribution in [1.29, 1.82) is 0 Å². The lowest BCUT2D eigenvalue weighted by Crippen LogP contribution is -2.04. The molecular weight excluding hydrogens is 271 g/mol. The molecule has 1 heterocycles. The maximum absolute atomic E-state index is 12.2. The maximum Gasteiger partial charge on any atom is 0.170 e. The van der Waals surface area contributed by atoms with Crippen molar-refractivity contribution in [1.82, 2.24) is 0 Å². The Morgan fingerprint density at radius 2 is 1.83 bits per heavy atom. The molecule has 4 heteroatoms. The van der Waals surface area contributed by atoms with Gasteiger partial charge < -0.3 is 4.42 Å². The van der Waals surface area contributed by atoms with Gasteiger partial charge in [-0.25, -0.2) is 0 Å². The lowest BCUT2D eigenvalue weighted by Gasteiger charge is -2.05. The first-order valence-corrected chi connectivity index (χ1v) is 6.27. The van der Waals surface area contributed by atoms with Crippen LogP contribution in [0.15, 0.2) is 28.7 Å². The van der Waals surface area contributed by atoms with Crippen molar-refractivity contribution in [2.24, 2.45) is 0 Å². The molecule has 0 unspecified atom stereocenters. The third kappa shape index (κ3) is 2.60. The number of hydrogen-bond donors (Lipinski definition) is 0. The van der Waals surface area contributed by atoms with Crippen molar-refractivity contribution in [2.45, 2.75) is 20.3 Å². The molecule has 2 nitrogen and oxygen atoms in total. The quantitative estimate of drug-likeness (QED) is 0.769. The Hall–Kier alpha value is -1.25. The first-order chi connectivity index (χ1) is 8.49. The summed E-state index contributed by atoms with van der Waals surface area (Å²) in [6.45, 7) is 3.58. The van der Waals surface area contributed by atoms with Gasteiger partial charge in [0.2, 0.25) is 0 Å². The Morgan fingerprint density at radius 1 is 1.22 bits per heavy atom. The highest BCUT2D eigenvalue weighted by molar-refractivity contribution is 6.36. The molecule has 0 N–H and O–H groups in total. The number of aryl methyl sites for hydroxylation is 2. The molecular formula is C14H12Cl2O2. The summed E-state index contributed by atoms with van der Waals surface area (Å²) in [6.07, 6.45) is 0.179. The molecule has 0 aliphatic rings. The summed E-state index contributed by atoms with van der Waals surface area (Å²) in [5.74, 6) is 1.31. The predicted molar refractivity (Wildman–Crippen MR) is 72.7 cm³/mol. The van der Waals surface area contributed by atoms with Gasteiger partial charge in [-0.05, 0) is 37.6 Å². The molecule has 18 heavy (non-hydrogen) atoms. The molecule has 0 saturated carbocycles. The van der Waals surface area contributed by atoms with Crippen LogP contribution in [0.3, 0.4) is 0 Å². The SMILES string of the molecule is Cc1cc(C(=O)Cc2c(Cl)cccc2Cl)c(C)o1. The lowest BCUT2D eigenvalue weighted by atomic mass is 10.0. The minimum Gasteiger partial charge on any atom is -0.466 e. The van der Waals surface area contributed by atoms with Gasteiger partial charge >= 0.3 is 0 Å². The van der Waals surface area contributed by atoms with E-state index in [1.165, 1.54) is 0 Å². The fourth-order valence-electron chi connectivity index (χ4n) is 1.86. The second-order valence-corrected chi connectivity index (χ2v) is 4.94. The van der Waals surface area contributed by atoms with Crippen LogP contribution in [0.1, 0.15) is 27.4 Å². The second-order valence-electron chi connectivity index (χ2n) is 4.13. The van der Waals surface area contributed by atoms with Gasteiger partial charge in [-0.3, -0.25) is 4.79 Å².